The molecule has 0 bridgehead atoms. The molecule has 3 aromatic rings. The van der Waals surface area contributed by atoms with Crippen LogP contribution in [0.1, 0.15) is 11.3 Å². The van der Waals surface area contributed by atoms with Gasteiger partial charge in [0.25, 0.3) is 11.2 Å². The minimum absolute atomic E-state index is 0.0715. The Kier molecular flexibility index (Phi) is 4.20. The largest absolute Gasteiger partial charge is 0.507 e. The number of nitrogens with zero attached hydrogens (tertiary/aromatic N) is 2. The van der Waals surface area contributed by atoms with Gasteiger partial charge < -0.3 is 10.1 Å². The van der Waals surface area contributed by atoms with E-state index in [1.165, 1.54) is 18.2 Å². The van der Waals surface area contributed by atoms with Gasteiger partial charge in [0.15, 0.2) is 0 Å². The zero-order chi connectivity index (χ0) is 18.1. The number of rotatable bonds is 3. The first-order valence-electron chi connectivity index (χ1n) is 6.90. The summed E-state index contributed by atoms with van der Waals surface area (Å²) >= 11 is 5.84. The average Bonchev–Trinajstić information content (AvgIpc) is 2.55. The Bertz CT molecular complexity index is 1080. The molecule has 1 aromatic heterocycles. The lowest BCUT2D eigenvalue weighted by Crippen LogP contribution is -2.13. The van der Waals surface area contributed by atoms with E-state index in [2.05, 4.69) is 9.97 Å². The van der Waals surface area contributed by atoms with Gasteiger partial charge >= 0.3 is 0 Å². The minimum Gasteiger partial charge on any atom is -0.507 e. The number of nitro groups is 1. The van der Waals surface area contributed by atoms with E-state index in [1.807, 2.05) is 0 Å². The fourth-order valence-corrected chi connectivity index (χ4v) is 2.43. The Balaban J connectivity index is 2.16. The van der Waals surface area contributed by atoms with E-state index in [1.54, 1.807) is 0 Å². The van der Waals surface area contributed by atoms with Crippen LogP contribution in [0.5, 0.6) is 0 Å². The summed E-state index contributed by atoms with van der Waals surface area (Å²) < 4.78 is 12.9. The van der Waals surface area contributed by atoms with Crippen molar-refractivity contribution in [1.29, 1.82) is 0 Å². The Morgan fingerprint density at radius 3 is 2.64 bits per heavy atom. The lowest BCUT2D eigenvalue weighted by molar-refractivity contribution is -0.383. The third-order valence-corrected chi connectivity index (χ3v) is 3.60. The number of benzene rings is 2. The normalized spacial score (nSPS) is 11.7. The van der Waals surface area contributed by atoms with Crippen LogP contribution in [0.4, 0.5) is 10.1 Å². The van der Waals surface area contributed by atoms with Crippen molar-refractivity contribution in [3.63, 3.8) is 0 Å². The Labute approximate surface area is 144 Å². The smallest absolute Gasteiger partial charge is 0.296 e. The molecule has 0 spiro atoms. The summed E-state index contributed by atoms with van der Waals surface area (Å²) in [6.45, 7) is 0. The van der Waals surface area contributed by atoms with Crippen molar-refractivity contribution in [1.82, 2.24) is 9.97 Å². The predicted molar refractivity (Wildman–Crippen MR) is 90.9 cm³/mol. The number of fused-ring (bicyclic) bond motifs is 1. The number of aliphatic hydroxyl groups excluding tert-OH is 1. The van der Waals surface area contributed by atoms with Crippen LogP contribution < -0.4 is 5.56 Å². The highest BCUT2D eigenvalue weighted by molar-refractivity contribution is 6.31. The molecule has 9 heteroatoms. The molecule has 0 atom stereocenters. The lowest BCUT2D eigenvalue weighted by atomic mass is 10.1. The van der Waals surface area contributed by atoms with Crippen molar-refractivity contribution >= 4 is 40.2 Å². The molecule has 7 nitrogen and oxygen atoms in total. The predicted octanol–water partition coefficient (Wildman–Crippen LogP) is 3.68. The van der Waals surface area contributed by atoms with E-state index in [4.69, 9.17) is 11.6 Å². The van der Waals surface area contributed by atoms with Crippen LogP contribution in [0.15, 0.2) is 41.2 Å². The average molecular weight is 362 g/mol. The molecule has 2 aromatic carbocycles. The van der Waals surface area contributed by atoms with Crippen molar-refractivity contribution in [2.45, 2.75) is 0 Å². The van der Waals surface area contributed by atoms with Crippen LogP contribution in [-0.4, -0.2) is 20.0 Å². The Morgan fingerprint density at radius 1 is 1.32 bits per heavy atom. The van der Waals surface area contributed by atoms with Crippen LogP contribution >= 0.6 is 11.6 Å². The number of non-ortho nitro benzene ring substituents is 1. The summed E-state index contributed by atoms with van der Waals surface area (Å²) in [5.74, 6) is -0.783. The van der Waals surface area contributed by atoms with E-state index in [9.17, 15) is 24.4 Å². The standard InChI is InChI=1S/C16H9ClFN3O4/c17-9-5-11-15(13(6-9)21(24)25)20-16(23)12(19-11)7-14(22)8-1-3-10(18)4-2-8/h1-7,22H,(H,20,23). The van der Waals surface area contributed by atoms with Crippen LogP contribution in [0.2, 0.25) is 5.02 Å². The van der Waals surface area contributed by atoms with Crippen molar-refractivity contribution < 1.29 is 14.4 Å². The van der Waals surface area contributed by atoms with Crippen molar-refractivity contribution in [2.24, 2.45) is 0 Å². The van der Waals surface area contributed by atoms with Crippen LogP contribution in [-0.2, 0) is 0 Å². The van der Waals surface area contributed by atoms with Gasteiger partial charge in [0.1, 0.15) is 22.8 Å². The third-order valence-electron chi connectivity index (χ3n) is 3.38. The summed E-state index contributed by atoms with van der Waals surface area (Å²) in [5, 5.41) is 21.2. The zero-order valence-corrected chi connectivity index (χ0v) is 13.1. The van der Waals surface area contributed by atoms with Crippen LogP contribution in [0, 0.1) is 15.9 Å². The van der Waals surface area contributed by atoms with Crippen LogP contribution in [0.25, 0.3) is 22.9 Å². The lowest BCUT2D eigenvalue weighted by Gasteiger charge is -2.03. The zero-order valence-electron chi connectivity index (χ0n) is 12.4. The first-order chi connectivity index (χ1) is 11.8. The number of hydrogen-bond acceptors (Lipinski definition) is 5. The van der Waals surface area contributed by atoms with Gasteiger partial charge in [-0.1, -0.05) is 11.6 Å². The SMILES string of the molecule is O=c1[nH]c2c([N+](=O)[O-])cc(Cl)cc2nc1C=C(O)c1ccc(F)cc1. The molecule has 2 N–H and O–H groups in total. The first kappa shape index (κ1) is 16.6. The second kappa shape index (κ2) is 6.33. The van der Waals surface area contributed by atoms with Gasteiger partial charge in [-0.05, 0) is 30.3 Å². The third kappa shape index (κ3) is 3.33. The highest BCUT2D eigenvalue weighted by atomic mass is 35.5. The molecule has 0 aliphatic carbocycles. The van der Waals surface area contributed by atoms with Gasteiger partial charge in [0.2, 0.25) is 0 Å². The number of nitro benzene ring substituents is 1. The monoisotopic (exact) mass is 361 g/mol. The summed E-state index contributed by atoms with van der Waals surface area (Å²) in [6.07, 6.45) is 1.08. The maximum Gasteiger partial charge on any atom is 0.296 e. The summed E-state index contributed by atoms with van der Waals surface area (Å²) in [5.41, 5.74) is -0.989. The molecule has 0 saturated carbocycles. The molecule has 0 saturated heterocycles. The van der Waals surface area contributed by atoms with E-state index < -0.39 is 16.3 Å². The van der Waals surface area contributed by atoms with E-state index in [0.717, 1.165) is 24.3 Å². The summed E-state index contributed by atoms with van der Waals surface area (Å²) in [6, 6.07) is 7.43. The minimum atomic E-state index is -0.730. The van der Waals surface area contributed by atoms with Gasteiger partial charge in [-0.15, -0.1) is 0 Å². The number of hydrogen-bond donors (Lipinski definition) is 2. The molecule has 0 radical (unpaired) electrons. The number of halogens is 2. The quantitative estimate of drug-likeness (QED) is 0.420. The topological polar surface area (TPSA) is 109 Å². The molecule has 0 amide bonds. The highest BCUT2D eigenvalue weighted by Crippen LogP contribution is 2.26. The van der Waals surface area contributed by atoms with Crippen molar-refractivity contribution in [2.75, 3.05) is 0 Å². The highest BCUT2D eigenvalue weighted by Gasteiger charge is 2.17. The van der Waals surface area contributed by atoms with Gasteiger partial charge in [-0.2, -0.15) is 0 Å². The van der Waals surface area contributed by atoms with E-state index in [-0.39, 0.29) is 38.8 Å². The fraction of sp³-hybridized carbons (Fsp3) is 0. The van der Waals surface area contributed by atoms with Gasteiger partial charge in [-0.3, -0.25) is 14.9 Å². The molecular formula is C16H9ClFN3O4. The number of aromatic amines is 1. The Morgan fingerprint density at radius 2 is 2.00 bits per heavy atom. The van der Waals surface area contributed by atoms with Crippen molar-refractivity contribution in [3.8, 4) is 0 Å². The van der Waals surface area contributed by atoms with Gasteiger partial charge in [-0.25, -0.2) is 9.37 Å². The number of H-pyrrole nitrogens is 1. The fourth-order valence-electron chi connectivity index (χ4n) is 2.23. The molecule has 0 unspecified atom stereocenters. The van der Waals surface area contributed by atoms with Crippen LogP contribution in [0.3, 0.4) is 0 Å². The van der Waals surface area contributed by atoms with E-state index >= 15 is 0 Å². The summed E-state index contributed by atoms with van der Waals surface area (Å²) in [4.78, 5) is 28.9. The van der Waals surface area contributed by atoms with E-state index in [0.29, 0.717) is 0 Å². The molecule has 0 aliphatic rings. The molecule has 3 rings (SSSR count). The van der Waals surface area contributed by atoms with Gasteiger partial charge in [0.05, 0.1) is 10.4 Å². The molecule has 1 heterocycles. The maximum absolute atomic E-state index is 12.9. The number of nitrogens with one attached hydrogen (secondary N) is 1. The molecule has 0 fully saturated rings. The Hall–Kier alpha value is -3.26. The maximum atomic E-state index is 12.9. The first-order valence-corrected chi connectivity index (χ1v) is 7.27. The molecular weight excluding hydrogens is 353 g/mol. The second-order valence-corrected chi connectivity index (χ2v) is 5.50. The molecule has 126 valence electrons. The molecule has 0 aliphatic heterocycles. The number of aromatic nitrogens is 2. The van der Waals surface area contributed by atoms with Gasteiger partial charge in [0, 0.05) is 22.7 Å². The summed E-state index contributed by atoms with van der Waals surface area (Å²) in [7, 11) is 0. The van der Waals surface area contributed by atoms with Crippen molar-refractivity contribution in [3.05, 3.63) is 79.0 Å². The number of aliphatic hydroxyl groups is 1. The second-order valence-electron chi connectivity index (χ2n) is 5.06. The molecule has 25 heavy (non-hydrogen) atoms.